The lowest BCUT2D eigenvalue weighted by Crippen LogP contribution is -2.43. The Balaban J connectivity index is 1.62. The number of carbonyl (C=O) groups is 1. The summed E-state index contributed by atoms with van der Waals surface area (Å²) >= 11 is 6.09. The van der Waals surface area contributed by atoms with Crippen molar-refractivity contribution in [3.63, 3.8) is 0 Å². The van der Waals surface area contributed by atoms with Crippen LogP contribution in [0.4, 0.5) is 10.5 Å². The van der Waals surface area contributed by atoms with E-state index in [0.29, 0.717) is 16.8 Å². The SMILES string of the molecule is Cc1cccc(Cl)c1NC(=O)N[C@@H]1C[C@H]2CC[C@H]1O2. The maximum absolute atomic E-state index is 12.0. The number of carbonyl (C=O) groups excluding carboxylic acids is 1. The van der Waals surface area contributed by atoms with Crippen molar-refractivity contribution in [1.29, 1.82) is 0 Å². The lowest BCUT2D eigenvalue weighted by molar-refractivity contribution is 0.0984. The fourth-order valence-corrected chi connectivity index (χ4v) is 3.17. The molecular weight excluding hydrogens is 264 g/mol. The lowest BCUT2D eigenvalue weighted by Gasteiger charge is -2.20. The van der Waals surface area contributed by atoms with Crippen LogP contribution in [0.3, 0.4) is 0 Å². The predicted molar refractivity (Wildman–Crippen MR) is 74.6 cm³/mol. The van der Waals surface area contributed by atoms with Crippen molar-refractivity contribution < 1.29 is 9.53 Å². The molecule has 0 aromatic heterocycles. The van der Waals surface area contributed by atoms with Crippen LogP contribution in [0, 0.1) is 6.92 Å². The van der Waals surface area contributed by atoms with Crippen LogP contribution in [0.15, 0.2) is 18.2 Å². The average molecular weight is 281 g/mol. The minimum absolute atomic E-state index is 0.126. The molecule has 1 aromatic rings. The Morgan fingerprint density at radius 2 is 2.26 bits per heavy atom. The monoisotopic (exact) mass is 280 g/mol. The molecule has 0 aliphatic carbocycles. The van der Waals surface area contributed by atoms with Crippen molar-refractivity contribution in [2.45, 2.75) is 44.4 Å². The molecule has 2 amide bonds. The summed E-state index contributed by atoms with van der Waals surface area (Å²) in [7, 11) is 0. The molecule has 2 aliphatic rings. The van der Waals surface area contributed by atoms with Crippen molar-refractivity contribution >= 4 is 23.3 Å². The number of benzene rings is 1. The summed E-state index contributed by atoms with van der Waals surface area (Å²) in [5.74, 6) is 0. The van der Waals surface area contributed by atoms with Crippen molar-refractivity contribution in [2.75, 3.05) is 5.32 Å². The molecule has 2 bridgehead atoms. The normalized spacial score (nSPS) is 28.4. The van der Waals surface area contributed by atoms with Crippen molar-refractivity contribution in [3.8, 4) is 0 Å². The maximum atomic E-state index is 12.0. The molecule has 0 saturated carbocycles. The predicted octanol–water partition coefficient (Wildman–Crippen LogP) is 3.09. The number of anilines is 1. The van der Waals surface area contributed by atoms with Crippen molar-refractivity contribution in [2.24, 2.45) is 0 Å². The number of ether oxygens (including phenoxy) is 1. The zero-order valence-electron chi connectivity index (χ0n) is 10.8. The van der Waals surface area contributed by atoms with Gasteiger partial charge >= 0.3 is 6.03 Å². The second-order valence-electron chi connectivity index (χ2n) is 5.25. The highest BCUT2D eigenvalue weighted by Crippen LogP contribution is 2.34. The average Bonchev–Trinajstić information content (AvgIpc) is 2.96. The van der Waals surface area contributed by atoms with E-state index in [9.17, 15) is 4.79 Å². The summed E-state index contributed by atoms with van der Waals surface area (Å²) in [6, 6.07) is 5.47. The van der Waals surface area contributed by atoms with Crippen LogP contribution in [-0.2, 0) is 4.74 Å². The van der Waals surface area contributed by atoms with Gasteiger partial charge in [-0.05, 0) is 37.8 Å². The Morgan fingerprint density at radius 1 is 1.42 bits per heavy atom. The summed E-state index contributed by atoms with van der Waals surface area (Å²) in [5, 5.41) is 6.36. The summed E-state index contributed by atoms with van der Waals surface area (Å²) in [6.07, 6.45) is 3.59. The van der Waals surface area contributed by atoms with Crippen LogP contribution in [0.1, 0.15) is 24.8 Å². The molecule has 2 aliphatic heterocycles. The fourth-order valence-electron chi connectivity index (χ4n) is 2.90. The summed E-state index contributed by atoms with van der Waals surface area (Å²) in [4.78, 5) is 12.0. The first-order chi connectivity index (χ1) is 9.13. The second kappa shape index (κ2) is 5.02. The number of hydrogen-bond donors (Lipinski definition) is 2. The van der Waals surface area contributed by atoms with Gasteiger partial charge in [0.25, 0.3) is 0 Å². The van der Waals surface area contributed by atoms with Gasteiger partial charge in [0, 0.05) is 0 Å². The Bertz CT molecular complexity index is 486. The Kier molecular flexibility index (Phi) is 3.37. The number of nitrogens with one attached hydrogen (secondary N) is 2. The molecule has 2 N–H and O–H groups in total. The van der Waals surface area contributed by atoms with E-state index in [4.69, 9.17) is 16.3 Å². The van der Waals surface area contributed by atoms with Gasteiger partial charge < -0.3 is 15.4 Å². The number of fused-ring (bicyclic) bond motifs is 2. The number of amides is 2. The molecular formula is C14H17ClN2O2. The molecule has 0 unspecified atom stereocenters. The molecule has 19 heavy (non-hydrogen) atoms. The van der Waals surface area contributed by atoms with Crippen molar-refractivity contribution in [1.82, 2.24) is 5.32 Å². The standard InChI is InChI=1S/C14H17ClN2O2/c1-8-3-2-4-10(15)13(8)17-14(18)16-11-7-9-5-6-12(11)19-9/h2-4,9,11-12H,5-7H2,1H3,(H2,16,17,18)/t9-,11-,12-/m1/s1. The molecule has 2 heterocycles. The quantitative estimate of drug-likeness (QED) is 0.875. The lowest BCUT2D eigenvalue weighted by atomic mass is 9.96. The molecule has 0 radical (unpaired) electrons. The first-order valence-corrected chi connectivity index (χ1v) is 6.99. The Hall–Kier alpha value is -1.26. The van der Waals surface area contributed by atoms with Gasteiger partial charge in [-0.2, -0.15) is 0 Å². The molecule has 102 valence electrons. The van der Waals surface area contributed by atoms with Crippen LogP contribution in [0.25, 0.3) is 0 Å². The van der Waals surface area contributed by atoms with Gasteiger partial charge in [0.05, 0.1) is 29.0 Å². The smallest absolute Gasteiger partial charge is 0.319 e. The van der Waals surface area contributed by atoms with E-state index in [1.165, 1.54) is 0 Å². The number of rotatable bonds is 2. The highest BCUT2D eigenvalue weighted by molar-refractivity contribution is 6.33. The number of para-hydroxylation sites is 1. The third kappa shape index (κ3) is 2.55. The van der Waals surface area contributed by atoms with E-state index in [-0.39, 0.29) is 18.2 Å². The van der Waals surface area contributed by atoms with Crippen molar-refractivity contribution in [3.05, 3.63) is 28.8 Å². The minimum Gasteiger partial charge on any atom is -0.373 e. The molecule has 0 spiro atoms. The van der Waals surface area contributed by atoms with Gasteiger partial charge in [0.15, 0.2) is 0 Å². The topological polar surface area (TPSA) is 50.4 Å². The first kappa shape index (κ1) is 12.8. The fraction of sp³-hybridized carbons (Fsp3) is 0.500. The summed E-state index contributed by atoms with van der Waals surface area (Å²) < 4.78 is 5.71. The minimum atomic E-state index is -0.211. The second-order valence-corrected chi connectivity index (χ2v) is 5.65. The number of aryl methyl sites for hydroxylation is 1. The van der Waals surface area contributed by atoms with E-state index in [1.807, 2.05) is 19.1 Å². The van der Waals surface area contributed by atoms with E-state index >= 15 is 0 Å². The van der Waals surface area contributed by atoms with Gasteiger partial charge in [-0.3, -0.25) is 0 Å². The molecule has 4 nitrogen and oxygen atoms in total. The third-order valence-electron chi connectivity index (χ3n) is 3.88. The van der Waals surface area contributed by atoms with Crippen LogP contribution < -0.4 is 10.6 Å². The molecule has 2 saturated heterocycles. The molecule has 3 atom stereocenters. The Morgan fingerprint density at radius 3 is 2.89 bits per heavy atom. The van der Waals surface area contributed by atoms with Gasteiger partial charge in [-0.25, -0.2) is 4.79 Å². The molecule has 5 heteroatoms. The zero-order chi connectivity index (χ0) is 13.4. The van der Waals surface area contributed by atoms with Gasteiger partial charge in [-0.15, -0.1) is 0 Å². The van der Waals surface area contributed by atoms with Crippen LogP contribution in [-0.4, -0.2) is 24.3 Å². The molecule has 1 aromatic carbocycles. The maximum Gasteiger partial charge on any atom is 0.319 e. The van der Waals surface area contributed by atoms with Gasteiger partial charge in [0.1, 0.15) is 0 Å². The molecule has 2 fully saturated rings. The highest BCUT2D eigenvalue weighted by Gasteiger charge is 2.41. The van der Waals surface area contributed by atoms with E-state index in [2.05, 4.69) is 10.6 Å². The zero-order valence-corrected chi connectivity index (χ0v) is 11.5. The first-order valence-electron chi connectivity index (χ1n) is 6.61. The van der Waals surface area contributed by atoms with Gasteiger partial charge in [0.2, 0.25) is 0 Å². The summed E-state index contributed by atoms with van der Waals surface area (Å²) in [5.41, 5.74) is 1.62. The van der Waals surface area contributed by atoms with Crippen LogP contribution >= 0.6 is 11.6 Å². The Labute approximate surface area is 117 Å². The van der Waals surface area contributed by atoms with Crippen LogP contribution in [0.2, 0.25) is 5.02 Å². The van der Waals surface area contributed by atoms with E-state index in [1.54, 1.807) is 6.07 Å². The van der Waals surface area contributed by atoms with Crippen LogP contribution in [0.5, 0.6) is 0 Å². The number of urea groups is 1. The largest absolute Gasteiger partial charge is 0.373 e. The summed E-state index contributed by atoms with van der Waals surface area (Å²) in [6.45, 7) is 1.92. The molecule has 3 rings (SSSR count). The van der Waals surface area contributed by atoms with E-state index < -0.39 is 0 Å². The van der Waals surface area contributed by atoms with Gasteiger partial charge in [-0.1, -0.05) is 23.7 Å². The highest BCUT2D eigenvalue weighted by atomic mass is 35.5. The van der Waals surface area contributed by atoms with E-state index in [0.717, 1.165) is 24.8 Å². The number of hydrogen-bond acceptors (Lipinski definition) is 2. The number of halogens is 1. The third-order valence-corrected chi connectivity index (χ3v) is 4.20.